The summed E-state index contributed by atoms with van der Waals surface area (Å²) >= 11 is 0. The van der Waals surface area contributed by atoms with E-state index in [1.165, 1.54) is 0 Å². The largest absolute Gasteiger partial charge is 0.377 e. The summed E-state index contributed by atoms with van der Waals surface area (Å²) in [5.41, 5.74) is 0. The summed E-state index contributed by atoms with van der Waals surface area (Å²) in [7, 11) is -3.21. The van der Waals surface area contributed by atoms with Crippen LogP contribution in [0.4, 0.5) is 0 Å². The molecule has 1 rings (SSSR count). The second-order valence-corrected chi connectivity index (χ2v) is 7.90. The highest BCUT2D eigenvalue weighted by Gasteiger charge is 2.32. The second kappa shape index (κ2) is 8.97. The van der Waals surface area contributed by atoms with Gasteiger partial charge in [-0.1, -0.05) is 13.8 Å². The lowest BCUT2D eigenvalue weighted by molar-refractivity contribution is 0.0192. The first-order valence-electron chi connectivity index (χ1n) is 7.83. The zero-order valence-corrected chi connectivity index (χ0v) is 13.9. The molecule has 2 atom stereocenters. The van der Waals surface area contributed by atoms with E-state index < -0.39 is 10.0 Å². The van der Waals surface area contributed by atoms with Gasteiger partial charge >= 0.3 is 0 Å². The van der Waals surface area contributed by atoms with Gasteiger partial charge in [0.2, 0.25) is 10.0 Å². The van der Waals surface area contributed by atoms with Crippen LogP contribution in [0.25, 0.3) is 0 Å². The maximum Gasteiger partial charge on any atom is 0.218 e. The Hall–Kier alpha value is -0.170. The van der Waals surface area contributed by atoms with Gasteiger partial charge in [-0.25, -0.2) is 8.42 Å². The van der Waals surface area contributed by atoms with Crippen LogP contribution in [-0.2, 0) is 14.8 Å². The molecule has 20 heavy (non-hydrogen) atoms. The first-order valence-corrected chi connectivity index (χ1v) is 9.34. The first-order chi connectivity index (χ1) is 9.52. The van der Waals surface area contributed by atoms with Gasteiger partial charge in [-0.05, 0) is 39.2 Å². The van der Waals surface area contributed by atoms with Crippen LogP contribution < -0.4 is 5.32 Å². The van der Waals surface area contributed by atoms with Crippen molar-refractivity contribution in [2.75, 3.05) is 32.8 Å². The molecule has 0 aliphatic carbocycles. The lowest BCUT2D eigenvalue weighted by Crippen LogP contribution is -2.48. The van der Waals surface area contributed by atoms with Crippen LogP contribution in [0.15, 0.2) is 0 Å². The topological polar surface area (TPSA) is 58.6 Å². The van der Waals surface area contributed by atoms with E-state index in [1.807, 2.05) is 0 Å². The van der Waals surface area contributed by atoms with Crippen LogP contribution in [0.2, 0.25) is 0 Å². The second-order valence-electron chi connectivity index (χ2n) is 5.55. The van der Waals surface area contributed by atoms with Gasteiger partial charge in [0, 0.05) is 26.2 Å². The Morgan fingerprint density at radius 3 is 2.75 bits per heavy atom. The molecule has 0 amide bonds. The van der Waals surface area contributed by atoms with Gasteiger partial charge in [0.1, 0.15) is 0 Å². The van der Waals surface area contributed by atoms with Crippen molar-refractivity contribution in [3.05, 3.63) is 0 Å². The lowest BCUT2D eigenvalue weighted by Gasteiger charge is -2.33. The Balaban J connectivity index is 2.52. The Morgan fingerprint density at radius 1 is 1.35 bits per heavy atom. The van der Waals surface area contributed by atoms with Gasteiger partial charge in [-0.15, -0.1) is 0 Å². The average molecular weight is 306 g/mol. The van der Waals surface area contributed by atoms with E-state index in [0.29, 0.717) is 26.2 Å². The molecule has 1 heterocycles. The third-order valence-electron chi connectivity index (χ3n) is 3.63. The number of hydrogen-bond acceptors (Lipinski definition) is 4. The highest BCUT2D eigenvalue weighted by molar-refractivity contribution is 7.89. The summed E-state index contributed by atoms with van der Waals surface area (Å²) in [6.45, 7) is 9.17. The smallest absolute Gasteiger partial charge is 0.218 e. The number of ether oxygens (including phenoxy) is 1. The zero-order valence-electron chi connectivity index (χ0n) is 13.1. The highest BCUT2D eigenvalue weighted by atomic mass is 32.2. The molecular weight excluding hydrogens is 276 g/mol. The summed E-state index contributed by atoms with van der Waals surface area (Å²) in [6.07, 6.45) is 3.91. The van der Waals surface area contributed by atoms with E-state index in [-0.39, 0.29) is 11.4 Å². The molecule has 5 nitrogen and oxygen atoms in total. The van der Waals surface area contributed by atoms with Crippen LogP contribution in [0, 0.1) is 0 Å². The average Bonchev–Trinajstić information content (AvgIpc) is 2.45. The zero-order chi connectivity index (χ0) is 15.0. The third-order valence-corrected chi connectivity index (χ3v) is 5.86. The molecule has 1 aliphatic rings. The molecule has 0 radical (unpaired) electrons. The molecule has 120 valence electrons. The summed E-state index contributed by atoms with van der Waals surface area (Å²) in [6, 6.07) is 0. The summed E-state index contributed by atoms with van der Waals surface area (Å²) in [4.78, 5) is 0. The Bertz CT molecular complexity index is 359. The fourth-order valence-electron chi connectivity index (χ4n) is 2.40. The van der Waals surface area contributed by atoms with Crippen LogP contribution in [-0.4, -0.2) is 56.9 Å². The van der Waals surface area contributed by atoms with Crippen molar-refractivity contribution in [3.8, 4) is 0 Å². The number of rotatable bonds is 9. The van der Waals surface area contributed by atoms with Crippen LogP contribution >= 0.6 is 0 Å². The molecule has 0 aromatic carbocycles. The summed E-state index contributed by atoms with van der Waals surface area (Å²) in [5.74, 6) is 0. The Morgan fingerprint density at radius 2 is 2.10 bits per heavy atom. The van der Waals surface area contributed by atoms with Crippen molar-refractivity contribution in [2.24, 2.45) is 0 Å². The van der Waals surface area contributed by atoms with E-state index in [9.17, 15) is 8.42 Å². The molecule has 0 aromatic heterocycles. The fourth-order valence-corrected chi connectivity index (χ4v) is 3.99. The molecule has 1 fully saturated rings. The van der Waals surface area contributed by atoms with Crippen molar-refractivity contribution in [1.29, 1.82) is 0 Å². The van der Waals surface area contributed by atoms with E-state index in [1.54, 1.807) is 11.2 Å². The van der Waals surface area contributed by atoms with Crippen molar-refractivity contribution >= 4 is 10.0 Å². The van der Waals surface area contributed by atoms with Gasteiger partial charge in [-0.3, -0.25) is 0 Å². The molecule has 0 spiro atoms. The normalized spacial score (nSPS) is 22.9. The molecular formula is C14H30N2O3S. The van der Waals surface area contributed by atoms with Gasteiger partial charge in [0.05, 0.1) is 11.4 Å². The van der Waals surface area contributed by atoms with E-state index in [2.05, 4.69) is 19.2 Å². The van der Waals surface area contributed by atoms with Crippen molar-refractivity contribution in [3.63, 3.8) is 0 Å². The predicted molar refractivity (Wildman–Crippen MR) is 82.4 cm³/mol. The highest BCUT2D eigenvalue weighted by Crippen LogP contribution is 2.19. The van der Waals surface area contributed by atoms with Crippen LogP contribution in [0.5, 0.6) is 0 Å². The van der Waals surface area contributed by atoms with Gasteiger partial charge in [-0.2, -0.15) is 4.31 Å². The van der Waals surface area contributed by atoms with Gasteiger partial charge in [0.25, 0.3) is 0 Å². The molecule has 0 saturated carbocycles. The molecule has 0 aromatic rings. The summed E-state index contributed by atoms with van der Waals surface area (Å²) in [5, 5.41) is 2.81. The third kappa shape index (κ3) is 5.31. The standard InChI is InChI=1S/C14H30N2O3S/c1-4-8-15-11-13(3)20(17,18)16-9-6-7-14(12-16)19-10-5-2/h13-15H,4-12H2,1-3H3. The van der Waals surface area contributed by atoms with E-state index >= 15 is 0 Å². The van der Waals surface area contributed by atoms with Gasteiger partial charge < -0.3 is 10.1 Å². The molecule has 6 heteroatoms. The van der Waals surface area contributed by atoms with E-state index in [0.717, 1.165) is 32.2 Å². The monoisotopic (exact) mass is 306 g/mol. The lowest BCUT2D eigenvalue weighted by atomic mass is 10.1. The molecule has 1 N–H and O–H groups in total. The van der Waals surface area contributed by atoms with Crippen LogP contribution in [0.1, 0.15) is 46.5 Å². The van der Waals surface area contributed by atoms with Crippen molar-refractivity contribution in [1.82, 2.24) is 9.62 Å². The maximum atomic E-state index is 12.5. The molecule has 2 unspecified atom stereocenters. The van der Waals surface area contributed by atoms with Gasteiger partial charge in [0.15, 0.2) is 0 Å². The first kappa shape index (κ1) is 17.9. The predicted octanol–water partition coefficient (Wildman–Crippen LogP) is 1.60. The van der Waals surface area contributed by atoms with E-state index in [4.69, 9.17) is 4.74 Å². The minimum Gasteiger partial charge on any atom is -0.377 e. The minimum atomic E-state index is -3.21. The summed E-state index contributed by atoms with van der Waals surface area (Å²) < 4.78 is 32.4. The SMILES string of the molecule is CCCNCC(C)S(=O)(=O)N1CCCC(OCCC)C1. The van der Waals surface area contributed by atoms with Crippen molar-refractivity contribution in [2.45, 2.75) is 57.8 Å². The number of nitrogens with zero attached hydrogens (tertiary/aromatic N) is 1. The Labute approximate surface area is 124 Å². The number of piperidine rings is 1. The minimum absolute atomic E-state index is 0.0641. The number of sulfonamides is 1. The number of nitrogens with one attached hydrogen (secondary N) is 1. The van der Waals surface area contributed by atoms with Crippen molar-refractivity contribution < 1.29 is 13.2 Å². The number of hydrogen-bond donors (Lipinski definition) is 1. The molecule has 0 bridgehead atoms. The quantitative estimate of drug-likeness (QED) is 0.657. The Kier molecular flexibility index (Phi) is 8.02. The van der Waals surface area contributed by atoms with Crippen LogP contribution in [0.3, 0.4) is 0 Å². The molecule has 1 aliphatic heterocycles. The maximum absolute atomic E-state index is 12.5. The molecule has 1 saturated heterocycles. The fraction of sp³-hybridized carbons (Fsp3) is 1.00.